The average molecular weight is 435 g/mol. The summed E-state index contributed by atoms with van der Waals surface area (Å²) >= 11 is 1.47. The molecule has 31 heavy (non-hydrogen) atoms. The van der Waals surface area contributed by atoms with Gasteiger partial charge in [0, 0.05) is 4.88 Å². The minimum absolute atomic E-state index is 0.297. The van der Waals surface area contributed by atoms with Crippen LogP contribution in [0.3, 0.4) is 0 Å². The van der Waals surface area contributed by atoms with E-state index >= 15 is 0 Å². The quantitative estimate of drug-likeness (QED) is 0.641. The Balaban J connectivity index is 1.57. The maximum atomic E-state index is 13.1. The van der Waals surface area contributed by atoms with E-state index in [2.05, 4.69) is 23.5 Å². The summed E-state index contributed by atoms with van der Waals surface area (Å²) in [5.74, 6) is -2.18. The highest BCUT2D eigenvalue weighted by Gasteiger charge is 2.38. The Bertz CT molecular complexity index is 1090. The zero-order chi connectivity index (χ0) is 22.1. The number of hydrogen-bond donors (Lipinski definition) is 2. The molecule has 1 aromatic heterocycles. The number of benzene rings is 1. The van der Waals surface area contributed by atoms with Gasteiger partial charge in [0.05, 0.1) is 17.4 Å². The zero-order valence-corrected chi connectivity index (χ0v) is 18.6. The third-order valence-corrected chi connectivity index (χ3v) is 7.97. The first kappa shape index (κ1) is 21.3. The van der Waals surface area contributed by atoms with Crippen LogP contribution in [0.1, 0.15) is 60.6 Å². The molecule has 3 atom stereocenters. The van der Waals surface area contributed by atoms with Gasteiger partial charge in [0.2, 0.25) is 5.91 Å². The number of carboxylic acids is 1. The fourth-order valence-corrected chi connectivity index (χ4v) is 6.11. The molecular weight excluding hydrogens is 408 g/mol. The number of amides is 1. The number of nitrogens with one attached hydrogen (secondary N) is 1. The van der Waals surface area contributed by atoms with Crippen molar-refractivity contribution in [3.8, 4) is 6.07 Å². The van der Waals surface area contributed by atoms with Crippen LogP contribution < -0.4 is 5.32 Å². The molecule has 1 amide bonds. The number of carboxylic acid groups (broad SMARTS) is 1. The molecule has 2 aromatic rings. The van der Waals surface area contributed by atoms with Crippen molar-refractivity contribution in [2.45, 2.75) is 51.9 Å². The van der Waals surface area contributed by atoms with Crippen molar-refractivity contribution in [3.63, 3.8) is 0 Å². The van der Waals surface area contributed by atoms with E-state index in [1.165, 1.54) is 16.9 Å². The Morgan fingerprint density at radius 2 is 1.77 bits per heavy atom. The second-order valence-electron chi connectivity index (χ2n) is 8.68. The fourth-order valence-electron chi connectivity index (χ4n) is 4.83. The lowest BCUT2D eigenvalue weighted by atomic mass is 9.76. The van der Waals surface area contributed by atoms with E-state index in [-0.39, 0.29) is 5.91 Å². The van der Waals surface area contributed by atoms with Crippen LogP contribution in [0.5, 0.6) is 0 Å². The number of nitriles is 1. The second-order valence-corrected chi connectivity index (χ2v) is 9.78. The number of thiophene rings is 1. The number of anilines is 1. The monoisotopic (exact) mass is 434 g/mol. The van der Waals surface area contributed by atoms with Gasteiger partial charge in [-0.15, -0.1) is 11.3 Å². The first-order valence-electron chi connectivity index (χ1n) is 10.7. The molecule has 0 unspecified atom stereocenters. The minimum Gasteiger partial charge on any atom is -0.481 e. The summed E-state index contributed by atoms with van der Waals surface area (Å²) in [7, 11) is 0. The summed E-state index contributed by atoms with van der Waals surface area (Å²) in [5.41, 5.74) is 5.02. The van der Waals surface area contributed by atoms with Crippen LogP contribution in [-0.2, 0) is 22.4 Å². The van der Waals surface area contributed by atoms with Crippen LogP contribution >= 0.6 is 11.3 Å². The lowest BCUT2D eigenvalue weighted by Crippen LogP contribution is -2.36. The molecule has 0 saturated heterocycles. The van der Waals surface area contributed by atoms with Crippen LogP contribution in [0.25, 0.3) is 0 Å². The van der Waals surface area contributed by atoms with Gasteiger partial charge in [0.15, 0.2) is 0 Å². The number of carbonyl (C=O) groups is 2. The number of rotatable bonds is 4. The number of carbonyl (C=O) groups excluding carboxylic acids is 1. The molecule has 1 aromatic carbocycles. The molecule has 160 valence electrons. The summed E-state index contributed by atoms with van der Waals surface area (Å²) in [6.07, 6.45) is 3.48. The first-order valence-corrected chi connectivity index (χ1v) is 11.5. The van der Waals surface area contributed by atoms with Gasteiger partial charge in [-0.05, 0) is 63.0 Å². The minimum atomic E-state index is -0.941. The Labute approximate surface area is 186 Å². The van der Waals surface area contributed by atoms with Crippen molar-refractivity contribution in [1.82, 2.24) is 0 Å². The molecule has 4 rings (SSSR count). The van der Waals surface area contributed by atoms with Gasteiger partial charge < -0.3 is 10.4 Å². The van der Waals surface area contributed by atoms with E-state index in [0.717, 1.165) is 40.8 Å². The molecule has 0 aliphatic heterocycles. The van der Waals surface area contributed by atoms with Crippen molar-refractivity contribution in [1.29, 1.82) is 5.26 Å². The predicted molar refractivity (Wildman–Crippen MR) is 121 cm³/mol. The highest BCUT2D eigenvalue weighted by Crippen LogP contribution is 2.43. The molecule has 1 heterocycles. The Kier molecular flexibility index (Phi) is 5.97. The van der Waals surface area contributed by atoms with Crippen LogP contribution in [-0.4, -0.2) is 17.0 Å². The lowest BCUT2D eigenvalue weighted by Gasteiger charge is -2.29. The van der Waals surface area contributed by atoms with Crippen LogP contribution in [0.4, 0.5) is 5.00 Å². The molecule has 0 radical (unpaired) electrons. The highest BCUT2D eigenvalue weighted by atomic mass is 32.1. The maximum absolute atomic E-state index is 13.1. The molecule has 5 nitrogen and oxygen atoms in total. The van der Waals surface area contributed by atoms with Gasteiger partial charge >= 0.3 is 5.97 Å². The summed E-state index contributed by atoms with van der Waals surface area (Å²) < 4.78 is 0. The molecule has 2 aliphatic rings. The highest BCUT2D eigenvalue weighted by molar-refractivity contribution is 7.16. The normalized spacial score (nSPS) is 23.1. The molecule has 2 N–H and O–H groups in total. The number of fused-ring (bicyclic) bond motifs is 1. The number of allylic oxidation sites excluding steroid dienone is 2. The summed E-state index contributed by atoms with van der Waals surface area (Å²) in [4.78, 5) is 26.0. The molecule has 0 bridgehead atoms. The molecular formula is C25H26N2O3S. The maximum Gasteiger partial charge on any atom is 0.307 e. The number of nitrogens with zero attached hydrogens (tertiary/aromatic N) is 1. The third kappa shape index (κ3) is 4.15. The Morgan fingerprint density at radius 1 is 1.10 bits per heavy atom. The van der Waals surface area contributed by atoms with Gasteiger partial charge in [0.25, 0.3) is 0 Å². The second kappa shape index (κ2) is 8.68. The van der Waals surface area contributed by atoms with E-state index in [1.807, 2.05) is 32.0 Å². The number of hydrogen-bond acceptors (Lipinski definition) is 4. The molecule has 2 aliphatic carbocycles. The van der Waals surface area contributed by atoms with Crippen LogP contribution in [0.2, 0.25) is 0 Å². The summed E-state index contributed by atoms with van der Waals surface area (Å²) in [6, 6.07) is 12.7. The van der Waals surface area contributed by atoms with Crippen molar-refractivity contribution in [2.75, 3.05) is 5.32 Å². The van der Waals surface area contributed by atoms with Crippen LogP contribution in [0, 0.1) is 23.2 Å². The Hall–Kier alpha value is -2.91. The van der Waals surface area contributed by atoms with Gasteiger partial charge in [-0.25, -0.2) is 0 Å². The van der Waals surface area contributed by atoms with Gasteiger partial charge in [0.1, 0.15) is 11.1 Å². The molecule has 0 spiro atoms. The van der Waals surface area contributed by atoms with Gasteiger partial charge in [-0.2, -0.15) is 5.26 Å². The fraction of sp³-hybridized carbons (Fsp3) is 0.400. The zero-order valence-electron chi connectivity index (χ0n) is 17.8. The van der Waals surface area contributed by atoms with Crippen molar-refractivity contribution in [2.24, 2.45) is 11.8 Å². The molecule has 6 heteroatoms. The molecule has 0 fully saturated rings. The predicted octanol–water partition coefficient (Wildman–Crippen LogP) is 5.28. The molecule has 0 saturated carbocycles. The van der Waals surface area contributed by atoms with E-state index in [1.54, 1.807) is 0 Å². The van der Waals surface area contributed by atoms with E-state index in [0.29, 0.717) is 29.3 Å². The average Bonchev–Trinajstić information content (AvgIpc) is 3.11. The third-order valence-electron chi connectivity index (χ3n) is 6.81. The Morgan fingerprint density at radius 3 is 2.42 bits per heavy atom. The van der Waals surface area contributed by atoms with Crippen LogP contribution in [0.15, 0.2) is 41.5 Å². The standard InChI is InChI=1S/C25H26N2O3S/c1-14-10-19(20(25(29)30)11-15(14)2)23(28)27-24-21(13-26)18-9-8-17(12-22(18)31-24)16-6-4-3-5-7-16/h3-7,17,19-20H,8-12H2,1-2H3,(H,27,28)(H,29,30)/t17-,19-,20+/m1/s1. The summed E-state index contributed by atoms with van der Waals surface area (Å²) in [6.45, 7) is 3.89. The van der Waals surface area contributed by atoms with Gasteiger partial charge in [-0.3, -0.25) is 9.59 Å². The van der Waals surface area contributed by atoms with E-state index in [9.17, 15) is 20.0 Å². The number of aliphatic carboxylic acids is 1. The van der Waals surface area contributed by atoms with E-state index in [4.69, 9.17) is 0 Å². The topological polar surface area (TPSA) is 90.2 Å². The van der Waals surface area contributed by atoms with Gasteiger partial charge in [-0.1, -0.05) is 41.5 Å². The van der Waals surface area contributed by atoms with Crippen molar-refractivity contribution < 1.29 is 14.7 Å². The summed E-state index contributed by atoms with van der Waals surface area (Å²) in [5, 5.41) is 22.9. The first-order chi connectivity index (χ1) is 14.9. The van der Waals surface area contributed by atoms with Crippen molar-refractivity contribution >= 4 is 28.2 Å². The SMILES string of the molecule is CC1=C(C)C[C@@H](C(=O)Nc2sc3c(c2C#N)CC[C@@H](c2ccccc2)C3)[C@@H](C(=O)O)C1. The van der Waals surface area contributed by atoms with Crippen molar-refractivity contribution in [3.05, 3.63) is 63.0 Å². The largest absolute Gasteiger partial charge is 0.481 e. The van der Waals surface area contributed by atoms with E-state index < -0.39 is 17.8 Å². The lowest BCUT2D eigenvalue weighted by molar-refractivity contribution is -0.146. The smallest absolute Gasteiger partial charge is 0.307 e.